The van der Waals surface area contributed by atoms with E-state index in [2.05, 4.69) is 13.8 Å². The number of nitrogens with zero attached hydrogens (tertiary/aromatic N) is 1. The van der Waals surface area contributed by atoms with Gasteiger partial charge in [0.2, 0.25) is 0 Å². The maximum Gasteiger partial charge on any atom is 0.134 e. The van der Waals surface area contributed by atoms with Crippen molar-refractivity contribution in [1.82, 2.24) is 0 Å². The summed E-state index contributed by atoms with van der Waals surface area (Å²) in [5.74, 6) is 1.58. The molecule has 1 rings (SSSR count). The molecule has 0 amide bonds. The lowest BCUT2D eigenvalue weighted by atomic mass is 9.95. The lowest BCUT2D eigenvalue weighted by Crippen LogP contribution is -2.10. The summed E-state index contributed by atoms with van der Waals surface area (Å²) in [5, 5.41) is 8.33. The van der Waals surface area contributed by atoms with Gasteiger partial charge in [0.05, 0.1) is 12.2 Å². The van der Waals surface area contributed by atoms with E-state index in [1.54, 1.807) is 0 Å². The summed E-state index contributed by atoms with van der Waals surface area (Å²) < 4.78 is 5.37. The lowest BCUT2D eigenvalue weighted by molar-refractivity contribution is 0.0777. The van der Waals surface area contributed by atoms with Gasteiger partial charge in [0, 0.05) is 0 Å². The predicted octanol–water partition coefficient (Wildman–Crippen LogP) is 2.35. The van der Waals surface area contributed by atoms with Gasteiger partial charge in [-0.15, -0.1) is 0 Å². The van der Waals surface area contributed by atoms with Crippen LogP contribution in [0, 0.1) is 23.2 Å². The highest BCUT2D eigenvalue weighted by Gasteiger charge is 2.26. The first-order valence-electron chi connectivity index (χ1n) is 4.72. The van der Waals surface area contributed by atoms with Crippen molar-refractivity contribution in [2.75, 3.05) is 6.61 Å². The topological polar surface area (TPSA) is 33.0 Å². The summed E-state index contributed by atoms with van der Waals surface area (Å²) in [5.41, 5.74) is 0. The zero-order valence-corrected chi connectivity index (χ0v) is 7.92. The first-order valence-corrected chi connectivity index (χ1v) is 4.72. The van der Waals surface area contributed by atoms with E-state index in [1.165, 1.54) is 6.42 Å². The highest BCUT2D eigenvalue weighted by atomic mass is 16.5. The van der Waals surface area contributed by atoms with Crippen LogP contribution in [0.1, 0.15) is 33.1 Å². The molecular weight excluding hydrogens is 150 g/mol. The Labute approximate surface area is 74.5 Å². The number of hydrogen-bond donors (Lipinski definition) is 0. The molecule has 2 nitrogen and oxygen atoms in total. The van der Waals surface area contributed by atoms with Crippen molar-refractivity contribution in [3.05, 3.63) is 0 Å². The molecule has 1 aliphatic carbocycles. The maximum absolute atomic E-state index is 8.33. The van der Waals surface area contributed by atoms with E-state index >= 15 is 0 Å². The Morgan fingerprint density at radius 3 is 2.75 bits per heavy atom. The molecule has 68 valence electrons. The third-order valence-electron chi connectivity index (χ3n) is 2.75. The van der Waals surface area contributed by atoms with E-state index in [4.69, 9.17) is 10.00 Å². The maximum atomic E-state index is 8.33. The monoisotopic (exact) mass is 167 g/mol. The minimum absolute atomic E-state index is 0.259. The van der Waals surface area contributed by atoms with Crippen LogP contribution in [0.25, 0.3) is 0 Å². The third-order valence-corrected chi connectivity index (χ3v) is 2.75. The predicted molar refractivity (Wildman–Crippen MR) is 47.5 cm³/mol. The van der Waals surface area contributed by atoms with Gasteiger partial charge in [-0.3, -0.25) is 0 Å². The van der Waals surface area contributed by atoms with Gasteiger partial charge in [0.1, 0.15) is 6.61 Å². The second-order valence-electron chi connectivity index (χ2n) is 3.91. The second kappa shape index (κ2) is 4.47. The summed E-state index contributed by atoms with van der Waals surface area (Å²) in [6, 6.07) is 2.02. The fraction of sp³-hybridized carbons (Fsp3) is 0.900. The molecule has 0 aromatic carbocycles. The number of rotatable bonds is 3. The molecule has 2 atom stereocenters. The molecule has 0 saturated heterocycles. The molecule has 0 aromatic rings. The van der Waals surface area contributed by atoms with Crippen LogP contribution in [-0.4, -0.2) is 12.7 Å². The molecule has 0 heterocycles. The van der Waals surface area contributed by atoms with Crippen molar-refractivity contribution in [3.63, 3.8) is 0 Å². The van der Waals surface area contributed by atoms with Gasteiger partial charge in [0.15, 0.2) is 0 Å². The Morgan fingerprint density at radius 1 is 1.50 bits per heavy atom. The first-order chi connectivity index (χ1) is 5.74. The fourth-order valence-electron chi connectivity index (χ4n) is 1.89. The Bertz CT molecular complexity index is 171. The van der Waals surface area contributed by atoms with Crippen LogP contribution >= 0.6 is 0 Å². The number of nitriles is 1. The van der Waals surface area contributed by atoms with Crippen molar-refractivity contribution >= 4 is 0 Å². The van der Waals surface area contributed by atoms with E-state index < -0.39 is 0 Å². The minimum atomic E-state index is 0.259. The Balaban J connectivity index is 2.22. The highest BCUT2D eigenvalue weighted by molar-refractivity contribution is 4.79. The normalized spacial score (nSPS) is 29.2. The zero-order valence-electron chi connectivity index (χ0n) is 7.92. The van der Waals surface area contributed by atoms with Gasteiger partial charge in [-0.1, -0.05) is 13.8 Å². The molecule has 2 heteroatoms. The Hall–Kier alpha value is -0.550. The van der Waals surface area contributed by atoms with Crippen LogP contribution in [0.3, 0.4) is 0 Å². The van der Waals surface area contributed by atoms with E-state index in [-0.39, 0.29) is 6.61 Å². The quantitative estimate of drug-likeness (QED) is 0.646. The van der Waals surface area contributed by atoms with E-state index in [1.807, 2.05) is 6.07 Å². The van der Waals surface area contributed by atoms with E-state index in [0.717, 1.165) is 24.7 Å². The third kappa shape index (κ3) is 2.49. The SMILES string of the molecule is CC(C)C1CCC(OCC#N)C1. The molecule has 1 saturated carbocycles. The van der Waals surface area contributed by atoms with Crippen LogP contribution < -0.4 is 0 Å². The van der Waals surface area contributed by atoms with E-state index in [0.29, 0.717) is 6.10 Å². The lowest BCUT2D eigenvalue weighted by Gasteiger charge is -2.13. The van der Waals surface area contributed by atoms with Crippen LogP contribution in [0.4, 0.5) is 0 Å². The van der Waals surface area contributed by atoms with Crippen LogP contribution in [0.5, 0.6) is 0 Å². The number of ether oxygens (including phenoxy) is 1. The number of hydrogen-bond acceptors (Lipinski definition) is 2. The summed E-state index contributed by atoms with van der Waals surface area (Å²) in [6.45, 7) is 4.78. The molecule has 2 unspecified atom stereocenters. The average Bonchev–Trinajstić information content (AvgIpc) is 2.48. The van der Waals surface area contributed by atoms with Gasteiger partial charge in [-0.2, -0.15) is 5.26 Å². The average molecular weight is 167 g/mol. The fourth-order valence-corrected chi connectivity index (χ4v) is 1.89. The molecule has 0 bridgehead atoms. The van der Waals surface area contributed by atoms with Gasteiger partial charge in [-0.05, 0) is 31.1 Å². The molecule has 0 N–H and O–H groups in total. The van der Waals surface area contributed by atoms with Gasteiger partial charge in [-0.25, -0.2) is 0 Å². The van der Waals surface area contributed by atoms with Gasteiger partial charge >= 0.3 is 0 Å². The van der Waals surface area contributed by atoms with Crippen molar-refractivity contribution in [3.8, 4) is 6.07 Å². The molecule has 0 radical (unpaired) electrons. The molecule has 0 aromatic heterocycles. The largest absolute Gasteiger partial charge is 0.363 e. The molecule has 1 aliphatic rings. The van der Waals surface area contributed by atoms with Crippen LogP contribution in [0.2, 0.25) is 0 Å². The Morgan fingerprint density at radius 2 is 2.25 bits per heavy atom. The summed E-state index contributed by atoms with van der Waals surface area (Å²) in [7, 11) is 0. The van der Waals surface area contributed by atoms with Crippen molar-refractivity contribution in [2.24, 2.45) is 11.8 Å². The van der Waals surface area contributed by atoms with Gasteiger partial charge < -0.3 is 4.74 Å². The Kier molecular flexibility index (Phi) is 3.55. The van der Waals surface area contributed by atoms with Crippen LogP contribution in [0.15, 0.2) is 0 Å². The molecule has 12 heavy (non-hydrogen) atoms. The molecular formula is C10H17NO. The van der Waals surface area contributed by atoms with Crippen molar-refractivity contribution < 1.29 is 4.74 Å². The smallest absolute Gasteiger partial charge is 0.134 e. The van der Waals surface area contributed by atoms with Crippen LogP contribution in [-0.2, 0) is 4.74 Å². The van der Waals surface area contributed by atoms with Crippen molar-refractivity contribution in [1.29, 1.82) is 5.26 Å². The summed E-state index contributed by atoms with van der Waals surface area (Å²) in [6.07, 6.45) is 3.93. The van der Waals surface area contributed by atoms with Crippen molar-refractivity contribution in [2.45, 2.75) is 39.2 Å². The highest BCUT2D eigenvalue weighted by Crippen LogP contribution is 2.32. The first kappa shape index (κ1) is 9.54. The standard InChI is InChI=1S/C10H17NO/c1-8(2)9-3-4-10(7-9)12-6-5-11/h8-10H,3-4,6-7H2,1-2H3. The second-order valence-corrected chi connectivity index (χ2v) is 3.91. The molecule has 0 aliphatic heterocycles. The molecule has 0 spiro atoms. The zero-order chi connectivity index (χ0) is 8.97. The van der Waals surface area contributed by atoms with E-state index in [9.17, 15) is 0 Å². The summed E-state index contributed by atoms with van der Waals surface area (Å²) >= 11 is 0. The minimum Gasteiger partial charge on any atom is -0.363 e. The molecule has 1 fully saturated rings. The van der Waals surface area contributed by atoms with Gasteiger partial charge in [0.25, 0.3) is 0 Å². The summed E-state index contributed by atoms with van der Waals surface area (Å²) in [4.78, 5) is 0.